The van der Waals surface area contributed by atoms with Crippen LogP contribution in [0.15, 0.2) is 24.5 Å². The zero-order valence-corrected chi connectivity index (χ0v) is 14.8. The van der Waals surface area contributed by atoms with Crippen LogP contribution in [0.3, 0.4) is 0 Å². The molecule has 128 valence electrons. The second-order valence-corrected chi connectivity index (χ2v) is 5.73. The molecule has 0 saturated carbocycles. The molecule has 2 aromatic rings. The van der Waals surface area contributed by atoms with Gasteiger partial charge in [0.2, 0.25) is 0 Å². The lowest BCUT2D eigenvalue weighted by Crippen LogP contribution is -2.15. The van der Waals surface area contributed by atoms with Crippen LogP contribution in [0, 0.1) is 6.92 Å². The number of nitrogens with zero attached hydrogens (tertiary/aromatic N) is 2. The smallest absolute Gasteiger partial charge is 0.275 e. The third kappa shape index (κ3) is 4.58. The summed E-state index contributed by atoms with van der Waals surface area (Å²) < 4.78 is 5.25. The first kappa shape index (κ1) is 18.0. The Balaban J connectivity index is 2.08. The molecule has 0 fully saturated rings. The van der Waals surface area contributed by atoms with Gasteiger partial charge in [0, 0.05) is 17.6 Å². The summed E-state index contributed by atoms with van der Waals surface area (Å²) in [6.07, 6.45) is 5.15. The van der Waals surface area contributed by atoms with Crippen molar-refractivity contribution in [2.24, 2.45) is 0 Å². The molecule has 1 aromatic carbocycles. The molecular formula is C17H21ClN4O2. The van der Waals surface area contributed by atoms with Crippen LogP contribution in [0.1, 0.15) is 35.8 Å². The fourth-order valence-electron chi connectivity index (χ4n) is 2.05. The number of hydrogen-bond donors (Lipinski definition) is 2. The van der Waals surface area contributed by atoms with Gasteiger partial charge in [-0.25, -0.2) is 9.97 Å². The number of amides is 1. The van der Waals surface area contributed by atoms with Crippen molar-refractivity contribution < 1.29 is 9.53 Å². The van der Waals surface area contributed by atoms with Gasteiger partial charge in [-0.1, -0.05) is 24.9 Å². The van der Waals surface area contributed by atoms with Crippen molar-refractivity contribution in [3.63, 3.8) is 0 Å². The molecule has 1 aromatic heterocycles. The number of methoxy groups -OCH3 is 1. The van der Waals surface area contributed by atoms with Crippen LogP contribution in [0.25, 0.3) is 0 Å². The number of unbranched alkanes of at least 4 members (excludes halogenated alkanes) is 1. The van der Waals surface area contributed by atoms with E-state index in [0.29, 0.717) is 22.3 Å². The van der Waals surface area contributed by atoms with E-state index in [0.717, 1.165) is 24.9 Å². The highest BCUT2D eigenvalue weighted by Crippen LogP contribution is 2.31. The monoisotopic (exact) mass is 348 g/mol. The third-order valence-corrected chi connectivity index (χ3v) is 3.86. The lowest BCUT2D eigenvalue weighted by Gasteiger charge is -2.12. The average molecular weight is 349 g/mol. The summed E-state index contributed by atoms with van der Waals surface area (Å²) in [5.41, 5.74) is 1.61. The second kappa shape index (κ2) is 8.49. The Labute approximate surface area is 146 Å². The Morgan fingerprint density at radius 1 is 1.29 bits per heavy atom. The summed E-state index contributed by atoms with van der Waals surface area (Å²) in [4.78, 5) is 20.7. The quantitative estimate of drug-likeness (QED) is 0.742. The van der Waals surface area contributed by atoms with Crippen LogP contribution in [0.2, 0.25) is 5.02 Å². The molecular weight excluding hydrogens is 328 g/mol. The standard InChI is InChI=1S/C17H21ClN4O2/c1-4-5-6-19-16-10-20-14(9-21-16)17(23)22-13-7-11(2)12(18)8-15(13)24-3/h7-10H,4-6H2,1-3H3,(H,19,21)(H,22,23). The molecule has 0 aliphatic heterocycles. The van der Waals surface area contributed by atoms with Crippen molar-refractivity contribution in [3.8, 4) is 5.75 Å². The molecule has 0 aliphatic rings. The molecule has 2 N–H and O–H groups in total. The number of nitrogens with one attached hydrogen (secondary N) is 2. The molecule has 0 unspecified atom stereocenters. The van der Waals surface area contributed by atoms with Gasteiger partial charge in [-0.2, -0.15) is 0 Å². The highest BCUT2D eigenvalue weighted by atomic mass is 35.5. The molecule has 2 rings (SSSR count). The summed E-state index contributed by atoms with van der Waals surface area (Å²) in [6, 6.07) is 3.42. The molecule has 0 aliphatic carbocycles. The van der Waals surface area contributed by atoms with Gasteiger partial charge in [0.15, 0.2) is 0 Å². The lowest BCUT2D eigenvalue weighted by molar-refractivity contribution is 0.102. The Kier molecular flexibility index (Phi) is 6.37. The van der Waals surface area contributed by atoms with Crippen molar-refractivity contribution in [2.45, 2.75) is 26.7 Å². The number of aryl methyl sites for hydroxylation is 1. The number of rotatable bonds is 7. The van der Waals surface area contributed by atoms with Crippen molar-refractivity contribution in [1.82, 2.24) is 9.97 Å². The second-order valence-electron chi connectivity index (χ2n) is 5.32. The summed E-state index contributed by atoms with van der Waals surface area (Å²) in [6.45, 7) is 4.81. The van der Waals surface area contributed by atoms with E-state index >= 15 is 0 Å². The van der Waals surface area contributed by atoms with Gasteiger partial charge in [-0.3, -0.25) is 4.79 Å². The molecule has 0 spiro atoms. The number of anilines is 2. The summed E-state index contributed by atoms with van der Waals surface area (Å²) in [5.74, 6) is 0.785. The van der Waals surface area contributed by atoms with E-state index in [9.17, 15) is 4.79 Å². The maximum absolute atomic E-state index is 12.3. The van der Waals surface area contributed by atoms with Gasteiger partial charge in [0.25, 0.3) is 5.91 Å². The fraction of sp³-hybridized carbons (Fsp3) is 0.353. The van der Waals surface area contributed by atoms with Crippen LogP contribution in [-0.4, -0.2) is 29.5 Å². The van der Waals surface area contributed by atoms with E-state index in [1.165, 1.54) is 13.3 Å². The van der Waals surface area contributed by atoms with Crippen LogP contribution in [0.4, 0.5) is 11.5 Å². The molecule has 24 heavy (non-hydrogen) atoms. The molecule has 1 amide bonds. The van der Waals surface area contributed by atoms with Gasteiger partial charge in [0.05, 0.1) is 25.2 Å². The van der Waals surface area contributed by atoms with Gasteiger partial charge in [0.1, 0.15) is 17.3 Å². The molecule has 0 atom stereocenters. The Hall–Kier alpha value is -2.34. The average Bonchev–Trinajstić information content (AvgIpc) is 2.58. The first-order valence-electron chi connectivity index (χ1n) is 7.76. The van der Waals surface area contributed by atoms with Crippen molar-refractivity contribution in [1.29, 1.82) is 0 Å². The zero-order chi connectivity index (χ0) is 17.5. The van der Waals surface area contributed by atoms with E-state index in [1.807, 2.05) is 6.92 Å². The normalized spacial score (nSPS) is 10.3. The molecule has 6 nitrogen and oxygen atoms in total. The maximum atomic E-state index is 12.3. The highest BCUT2D eigenvalue weighted by Gasteiger charge is 2.13. The SMILES string of the molecule is CCCCNc1cnc(C(=O)Nc2cc(C)c(Cl)cc2OC)cn1. The topological polar surface area (TPSA) is 76.1 Å². The van der Waals surface area contributed by atoms with Crippen molar-refractivity contribution >= 4 is 29.0 Å². The van der Waals surface area contributed by atoms with Crippen molar-refractivity contribution in [3.05, 3.63) is 40.8 Å². The zero-order valence-electron chi connectivity index (χ0n) is 14.0. The molecule has 7 heteroatoms. The molecule has 0 radical (unpaired) electrons. The highest BCUT2D eigenvalue weighted by molar-refractivity contribution is 6.31. The lowest BCUT2D eigenvalue weighted by atomic mass is 10.2. The maximum Gasteiger partial charge on any atom is 0.275 e. The summed E-state index contributed by atoms with van der Waals surface area (Å²) >= 11 is 6.07. The molecule has 0 bridgehead atoms. The predicted molar refractivity (Wildman–Crippen MR) is 96.1 cm³/mol. The number of ether oxygens (including phenoxy) is 1. The number of carbonyl (C=O) groups is 1. The van der Waals surface area contributed by atoms with Crippen molar-refractivity contribution in [2.75, 3.05) is 24.3 Å². The van der Waals surface area contributed by atoms with E-state index < -0.39 is 0 Å². The summed E-state index contributed by atoms with van der Waals surface area (Å²) in [7, 11) is 1.52. The summed E-state index contributed by atoms with van der Waals surface area (Å²) in [5, 5.41) is 6.50. The number of aromatic nitrogens is 2. The molecule has 0 saturated heterocycles. The van der Waals surface area contributed by atoms with Gasteiger partial charge >= 0.3 is 0 Å². The van der Waals surface area contributed by atoms with Gasteiger partial charge in [-0.05, 0) is 25.0 Å². The van der Waals surface area contributed by atoms with Gasteiger partial charge < -0.3 is 15.4 Å². The van der Waals surface area contributed by atoms with E-state index in [4.69, 9.17) is 16.3 Å². The Morgan fingerprint density at radius 2 is 2.08 bits per heavy atom. The minimum absolute atomic E-state index is 0.227. The van der Waals surface area contributed by atoms with E-state index in [-0.39, 0.29) is 11.6 Å². The number of halogens is 1. The first-order valence-corrected chi connectivity index (χ1v) is 8.14. The van der Waals surface area contributed by atoms with Crippen LogP contribution >= 0.6 is 11.6 Å². The van der Waals surface area contributed by atoms with Crippen LogP contribution in [-0.2, 0) is 0 Å². The fourth-order valence-corrected chi connectivity index (χ4v) is 2.20. The largest absolute Gasteiger partial charge is 0.495 e. The number of benzene rings is 1. The molecule has 1 heterocycles. The minimum atomic E-state index is -0.359. The van der Waals surface area contributed by atoms with Gasteiger partial charge in [-0.15, -0.1) is 0 Å². The van der Waals surface area contributed by atoms with E-state index in [2.05, 4.69) is 27.5 Å². The Bertz CT molecular complexity index is 704. The number of carbonyl (C=O) groups excluding carboxylic acids is 1. The van der Waals surface area contributed by atoms with Crippen LogP contribution < -0.4 is 15.4 Å². The Morgan fingerprint density at radius 3 is 2.71 bits per heavy atom. The predicted octanol–water partition coefficient (Wildman–Crippen LogP) is 3.91. The van der Waals surface area contributed by atoms with Crippen LogP contribution in [0.5, 0.6) is 5.75 Å². The van der Waals surface area contributed by atoms with E-state index in [1.54, 1.807) is 18.3 Å². The third-order valence-electron chi connectivity index (χ3n) is 3.45. The number of hydrogen-bond acceptors (Lipinski definition) is 5. The first-order chi connectivity index (χ1) is 11.5. The minimum Gasteiger partial charge on any atom is -0.495 e.